The molecule has 30 heavy (non-hydrogen) atoms. The summed E-state index contributed by atoms with van der Waals surface area (Å²) in [6, 6.07) is 11.3. The number of morpholine rings is 1. The SMILES string of the molecule is O=C(NCc1ccc(N2CCOCC2)cc1)c1cc(COc2cncc(Cl)c2)on1. The molecule has 3 heterocycles. The van der Waals surface area contributed by atoms with Crippen molar-refractivity contribution in [1.29, 1.82) is 0 Å². The number of pyridine rings is 1. The molecule has 1 fully saturated rings. The number of rotatable bonds is 7. The number of nitrogens with one attached hydrogen (secondary N) is 1. The third kappa shape index (κ3) is 5.28. The summed E-state index contributed by atoms with van der Waals surface area (Å²) in [5, 5.41) is 7.13. The van der Waals surface area contributed by atoms with Crippen molar-refractivity contribution in [1.82, 2.24) is 15.5 Å². The van der Waals surface area contributed by atoms with E-state index in [1.165, 1.54) is 6.20 Å². The molecule has 0 radical (unpaired) electrons. The second-order valence-corrected chi connectivity index (χ2v) is 7.19. The molecule has 1 saturated heterocycles. The lowest BCUT2D eigenvalue weighted by atomic mass is 10.2. The summed E-state index contributed by atoms with van der Waals surface area (Å²) in [5.74, 6) is 0.618. The lowest BCUT2D eigenvalue weighted by Crippen LogP contribution is -2.36. The first-order chi connectivity index (χ1) is 14.7. The van der Waals surface area contributed by atoms with Gasteiger partial charge in [0.2, 0.25) is 0 Å². The highest BCUT2D eigenvalue weighted by Gasteiger charge is 2.14. The Hall–Kier alpha value is -3.10. The van der Waals surface area contributed by atoms with Crippen molar-refractivity contribution in [2.24, 2.45) is 0 Å². The van der Waals surface area contributed by atoms with E-state index in [0.717, 1.165) is 37.6 Å². The van der Waals surface area contributed by atoms with Crippen LogP contribution in [0.15, 0.2) is 53.3 Å². The van der Waals surface area contributed by atoms with Gasteiger partial charge in [0.15, 0.2) is 11.5 Å². The fourth-order valence-corrected chi connectivity index (χ4v) is 3.20. The second kappa shape index (κ2) is 9.60. The van der Waals surface area contributed by atoms with E-state index in [1.807, 2.05) is 12.1 Å². The first-order valence-corrected chi connectivity index (χ1v) is 9.94. The van der Waals surface area contributed by atoms with Crippen LogP contribution in [-0.4, -0.2) is 42.4 Å². The minimum atomic E-state index is -0.313. The van der Waals surface area contributed by atoms with E-state index in [-0.39, 0.29) is 18.2 Å². The van der Waals surface area contributed by atoms with Gasteiger partial charge in [0, 0.05) is 43.7 Å². The molecule has 0 saturated carbocycles. The Bertz CT molecular complexity index is 987. The topological polar surface area (TPSA) is 89.7 Å². The van der Waals surface area contributed by atoms with E-state index in [1.54, 1.807) is 18.3 Å². The second-order valence-electron chi connectivity index (χ2n) is 6.75. The van der Waals surface area contributed by atoms with Gasteiger partial charge in [0.1, 0.15) is 12.4 Å². The van der Waals surface area contributed by atoms with Crippen molar-refractivity contribution in [3.05, 3.63) is 70.8 Å². The molecule has 1 aliphatic rings. The molecule has 9 heteroatoms. The van der Waals surface area contributed by atoms with Crippen LogP contribution in [-0.2, 0) is 17.9 Å². The van der Waals surface area contributed by atoms with Crippen molar-refractivity contribution < 1.29 is 18.8 Å². The van der Waals surface area contributed by atoms with Crippen LogP contribution >= 0.6 is 11.6 Å². The van der Waals surface area contributed by atoms with Crippen molar-refractivity contribution in [3.8, 4) is 5.75 Å². The van der Waals surface area contributed by atoms with Crippen LogP contribution in [0.25, 0.3) is 0 Å². The Balaban J connectivity index is 1.27. The molecular formula is C21H21ClN4O4. The largest absolute Gasteiger partial charge is 0.484 e. The van der Waals surface area contributed by atoms with Crippen molar-refractivity contribution >= 4 is 23.2 Å². The van der Waals surface area contributed by atoms with E-state index in [2.05, 4.69) is 32.5 Å². The Labute approximate surface area is 178 Å². The number of halogens is 1. The zero-order valence-electron chi connectivity index (χ0n) is 16.2. The molecule has 0 aliphatic carbocycles. The van der Waals surface area contributed by atoms with Gasteiger partial charge in [-0.3, -0.25) is 9.78 Å². The molecule has 0 bridgehead atoms. The summed E-state index contributed by atoms with van der Waals surface area (Å²) < 4.78 is 16.1. The molecule has 3 aromatic rings. The van der Waals surface area contributed by atoms with E-state index < -0.39 is 0 Å². The fourth-order valence-electron chi connectivity index (χ4n) is 3.03. The number of amides is 1. The van der Waals surface area contributed by atoms with Crippen LogP contribution in [0.1, 0.15) is 21.8 Å². The number of nitrogens with zero attached hydrogens (tertiary/aromatic N) is 3. The molecule has 0 unspecified atom stereocenters. The predicted octanol–water partition coefficient (Wildman–Crippen LogP) is 3.07. The predicted molar refractivity (Wildman–Crippen MR) is 111 cm³/mol. The van der Waals surface area contributed by atoms with Gasteiger partial charge >= 0.3 is 0 Å². The number of anilines is 1. The molecule has 1 aliphatic heterocycles. The van der Waals surface area contributed by atoms with Crippen molar-refractivity contribution in [2.75, 3.05) is 31.2 Å². The lowest BCUT2D eigenvalue weighted by molar-refractivity contribution is 0.0941. The Morgan fingerprint density at radius 1 is 1.17 bits per heavy atom. The zero-order valence-corrected chi connectivity index (χ0v) is 17.0. The molecule has 0 atom stereocenters. The highest BCUT2D eigenvalue weighted by molar-refractivity contribution is 6.30. The van der Waals surface area contributed by atoms with Gasteiger partial charge in [-0.15, -0.1) is 0 Å². The van der Waals surface area contributed by atoms with E-state index >= 15 is 0 Å². The van der Waals surface area contributed by atoms with Gasteiger partial charge in [-0.25, -0.2) is 0 Å². The molecule has 2 aromatic heterocycles. The van der Waals surface area contributed by atoms with E-state index in [4.69, 9.17) is 25.6 Å². The summed E-state index contributed by atoms with van der Waals surface area (Å²) in [7, 11) is 0. The summed E-state index contributed by atoms with van der Waals surface area (Å²) in [6.07, 6.45) is 3.06. The first kappa shape index (κ1) is 20.2. The summed E-state index contributed by atoms with van der Waals surface area (Å²) in [5.41, 5.74) is 2.35. The van der Waals surface area contributed by atoms with E-state index in [0.29, 0.717) is 23.1 Å². The first-order valence-electron chi connectivity index (χ1n) is 9.56. The molecule has 1 amide bonds. The van der Waals surface area contributed by atoms with Crippen molar-refractivity contribution in [3.63, 3.8) is 0 Å². The Kier molecular flexibility index (Phi) is 6.46. The molecular weight excluding hydrogens is 408 g/mol. The van der Waals surface area contributed by atoms with Gasteiger partial charge in [0.25, 0.3) is 5.91 Å². The van der Waals surface area contributed by atoms with Crippen LogP contribution in [0.4, 0.5) is 5.69 Å². The number of carbonyl (C=O) groups excluding carboxylic acids is 1. The van der Waals surface area contributed by atoms with Gasteiger partial charge in [-0.2, -0.15) is 0 Å². The van der Waals surface area contributed by atoms with Crippen LogP contribution in [0.5, 0.6) is 5.75 Å². The molecule has 4 rings (SSSR count). The Morgan fingerprint density at radius 3 is 2.73 bits per heavy atom. The fraction of sp³-hybridized carbons (Fsp3) is 0.286. The molecule has 8 nitrogen and oxygen atoms in total. The minimum absolute atomic E-state index is 0.116. The van der Waals surface area contributed by atoms with Crippen LogP contribution in [0.2, 0.25) is 5.02 Å². The van der Waals surface area contributed by atoms with Gasteiger partial charge in [-0.1, -0.05) is 28.9 Å². The summed E-state index contributed by atoms with van der Waals surface area (Å²) in [4.78, 5) is 18.6. The molecule has 156 valence electrons. The number of aromatic nitrogens is 2. The maximum atomic E-state index is 12.3. The Morgan fingerprint density at radius 2 is 1.97 bits per heavy atom. The van der Waals surface area contributed by atoms with Gasteiger partial charge in [0.05, 0.1) is 24.4 Å². The van der Waals surface area contributed by atoms with Gasteiger partial charge < -0.3 is 24.2 Å². The average molecular weight is 429 g/mol. The number of hydrogen-bond acceptors (Lipinski definition) is 7. The highest BCUT2D eigenvalue weighted by Crippen LogP contribution is 2.18. The standard InChI is InChI=1S/C21H21ClN4O4/c22-16-9-18(13-23-12-16)29-14-19-10-20(25-30-19)21(27)24-11-15-1-3-17(4-2-15)26-5-7-28-8-6-26/h1-4,9-10,12-13H,5-8,11,14H2,(H,24,27). The third-order valence-electron chi connectivity index (χ3n) is 4.62. The van der Waals surface area contributed by atoms with Crippen LogP contribution < -0.4 is 15.0 Å². The number of benzene rings is 1. The minimum Gasteiger partial charge on any atom is -0.484 e. The third-order valence-corrected chi connectivity index (χ3v) is 4.82. The maximum absolute atomic E-state index is 12.3. The summed E-state index contributed by atoms with van der Waals surface area (Å²) in [6.45, 7) is 3.79. The highest BCUT2D eigenvalue weighted by atomic mass is 35.5. The molecule has 1 N–H and O–H groups in total. The van der Waals surface area contributed by atoms with Crippen LogP contribution in [0, 0.1) is 0 Å². The van der Waals surface area contributed by atoms with Gasteiger partial charge in [-0.05, 0) is 17.7 Å². The lowest BCUT2D eigenvalue weighted by Gasteiger charge is -2.28. The molecule has 1 aromatic carbocycles. The number of carbonyl (C=O) groups is 1. The monoisotopic (exact) mass is 428 g/mol. The smallest absolute Gasteiger partial charge is 0.273 e. The van der Waals surface area contributed by atoms with Crippen LogP contribution in [0.3, 0.4) is 0 Å². The normalized spacial score (nSPS) is 13.8. The quantitative estimate of drug-likeness (QED) is 0.618. The molecule has 0 spiro atoms. The maximum Gasteiger partial charge on any atom is 0.273 e. The average Bonchev–Trinajstić information content (AvgIpc) is 3.26. The number of hydrogen-bond donors (Lipinski definition) is 1. The summed E-state index contributed by atoms with van der Waals surface area (Å²) >= 11 is 5.87. The number of ether oxygens (including phenoxy) is 2. The van der Waals surface area contributed by atoms with Crippen molar-refractivity contribution in [2.45, 2.75) is 13.2 Å². The van der Waals surface area contributed by atoms with E-state index in [9.17, 15) is 4.79 Å². The zero-order chi connectivity index (χ0) is 20.8.